The fraction of sp³-hybridized carbons (Fsp3) is 0.346. The van der Waals surface area contributed by atoms with Crippen LogP contribution in [0.25, 0.3) is 0 Å². The van der Waals surface area contributed by atoms with Crippen LogP contribution in [-0.2, 0) is 11.3 Å². The number of benzene rings is 2. The maximum absolute atomic E-state index is 12.7. The molecule has 29 heavy (non-hydrogen) atoms. The van der Waals surface area contributed by atoms with Gasteiger partial charge in [0.2, 0.25) is 0 Å². The topological polar surface area (TPSA) is 20.3 Å². The summed E-state index contributed by atoms with van der Waals surface area (Å²) < 4.78 is 1.43. The zero-order valence-corrected chi connectivity index (χ0v) is 18.6. The molecule has 2 aliphatic rings. The first-order valence-electron chi connectivity index (χ1n) is 10.7. The van der Waals surface area contributed by atoms with Crippen LogP contribution in [0.4, 0.5) is 0 Å². The Morgan fingerprint density at radius 3 is 2.34 bits per heavy atom. The van der Waals surface area contributed by atoms with Crippen LogP contribution in [0.2, 0.25) is 5.32 Å². The number of rotatable bonds is 7. The van der Waals surface area contributed by atoms with Crippen molar-refractivity contribution in [1.29, 1.82) is 0 Å². The van der Waals surface area contributed by atoms with Crippen molar-refractivity contribution in [2.24, 2.45) is 5.92 Å². The van der Waals surface area contributed by atoms with Crippen molar-refractivity contribution < 1.29 is 4.79 Å². The van der Waals surface area contributed by atoms with Crippen molar-refractivity contribution in [3.8, 4) is 0 Å². The van der Waals surface area contributed by atoms with E-state index in [1.165, 1.54) is 47.7 Å². The van der Waals surface area contributed by atoms with Gasteiger partial charge in [-0.1, -0.05) is 0 Å². The minimum atomic E-state index is 0.204. The number of carbonyl (C=O) groups excluding carboxylic acids is 1. The summed E-state index contributed by atoms with van der Waals surface area (Å²) >= 11 is 0.412. The van der Waals surface area contributed by atoms with Crippen molar-refractivity contribution in [3.05, 3.63) is 89.5 Å². The molecule has 2 aromatic carbocycles. The molecule has 1 amide bonds. The van der Waals surface area contributed by atoms with Crippen LogP contribution >= 0.6 is 0 Å². The summed E-state index contributed by atoms with van der Waals surface area (Å²) in [4.78, 5) is 14.6. The molecule has 1 saturated carbocycles. The Morgan fingerprint density at radius 2 is 1.66 bits per heavy atom. The van der Waals surface area contributed by atoms with Gasteiger partial charge >= 0.3 is 181 Å². The fourth-order valence-electron chi connectivity index (χ4n) is 4.14. The minimum absolute atomic E-state index is 0.204. The molecule has 150 valence electrons. The van der Waals surface area contributed by atoms with E-state index in [1.807, 2.05) is 23.1 Å². The third-order valence-electron chi connectivity index (χ3n) is 5.75. The van der Waals surface area contributed by atoms with E-state index in [-0.39, 0.29) is 5.91 Å². The van der Waals surface area contributed by atoms with Crippen LogP contribution in [0.5, 0.6) is 0 Å². The molecule has 0 atom stereocenters. The van der Waals surface area contributed by atoms with E-state index in [0.29, 0.717) is 27.4 Å². The first-order valence-corrected chi connectivity index (χ1v) is 12.8. The van der Waals surface area contributed by atoms with E-state index in [4.69, 9.17) is 0 Å². The van der Waals surface area contributed by atoms with Gasteiger partial charge in [0.05, 0.1) is 0 Å². The summed E-state index contributed by atoms with van der Waals surface area (Å²) in [5.41, 5.74) is 3.56. The third kappa shape index (κ3) is 5.71. The van der Waals surface area contributed by atoms with E-state index in [2.05, 4.69) is 54.6 Å². The summed E-state index contributed by atoms with van der Waals surface area (Å²) in [6, 6.07) is 21.0. The van der Waals surface area contributed by atoms with Crippen LogP contribution < -0.4 is 4.46 Å². The molecule has 0 unspecified atom stereocenters. The Bertz CT molecular complexity index is 866. The Kier molecular flexibility index (Phi) is 7.03. The fourth-order valence-corrected chi connectivity index (χ4v) is 5.95. The average molecular weight is 450 g/mol. The Labute approximate surface area is 180 Å². The van der Waals surface area contributed by atoms with E-state index < -0.39 is 0 Å². The van der Waals surface area contributed by atoms with Crippen LogP contribution in [0.3, 0.4) is 0 Å². The first-order chi connectivity index (χ1) is 14.3. The van der Waals surface area contributed by atoms with Gasteiger partial charge in [0.1, 0.15) is 0 Å². The van der Waals surface area contributed by atoms with Crippen molar-refractivity contribution in [2.45, 2.75) is 44.0 Å². The molecule has 1 aliphatic carbocycles. The number of likely N-dealkylation sites (tertiary alicyclic amines) is 1. The van der Waals surface area contributed by atoms with Gasteiger partial charge in [0.25, 0.3) is 0 Å². The molecule has 4 rings (SSSR count). The standard InChI is InChI=1S/C26H29NOSe/c28-26-24(19-27(26)18-22-12-6-2-7-13-22)17-23(16-21-10-4-1-5-11-21)20-29-25-14-8-3-9-15-25/h2-3,6-9,12-17,21H,1,4-5,10-11,18-20H2/b23-16+,24-17-. The predicted octanol–water partition coefficient (Wildman–Crippen LogP) is 4.91. The molecule has 1 aliphatic heterocycles. The molecule has 2 aromatic rings. The summed E-state index contributed by atoms with van der Waals surface area (Å²) in [5, 5.41) is 1.07. The van der Waals surface area contributed by atoms with E-state index >= 15 is 0 Å². The van der Waals surface area contributed by atoms with Crippen LogP contribution in [0.15, 0.2) is 84.0 Å². The summed E-state index contributed by atoms with van der Waals surface area (Å²) in [7, 11) is 0. The maximum atomic E-state index is 12.7. The molecule has 3 heteroatoms. The van der Waals surface area contributed by atoms with Crippen LogP contribution in [0, 0.1) is 5.92 Å². The van der Waals surface area contributed by atoms with Crippen LogP contribution in [-0.4, -0.2) is 32.3 Å². The van der Waals surface area contributed by atoms with Gasteiger partial charge < -0.3 is 0 Å². The third-order valence-corrected chi connectivity index (χ3v) is 8.02. The Balaban J connectivity index is 1.43. The van der Waals surface area contributed by atoms with Gasteiger partial charge in [-0.05, 0) is 0 Å². The molecular formula is C26H29NOSe. The number of allylic oxidation sites excluding steroid dienone is 3. The zero-order valence-electron chi connectivity index (χ0n) is 16.9. The molecule has 0 radical (unpaired) electrons. The molecule has 1 saturated heterocycles. The second-order valence-corrected chi connectivity index (χ2v) is 10.3. The first kappa shape index (κ1) is 20.2. The number of hydrogen-bond donors (Lipinski definition) is 0. The summed E-state index contributed by atoms with van der Waals surface area (Å²) in [6.07, 6.45) is 11.4. The average Bonchev–Trinajstić information content (AvgIpc) is 2.78. The molecule has 0 aromatic heterocycles. The normalized spacial score (nSPS) is 19.4. The van der Waals surface area contributed by atoms with Gasteiger partial charge in [0, 0.05) is 0 Å². The molecule has 2 fully saturated rings. The van der Waals surface area contributed by atoms with E-state index in [0.717, 1.165) is 17.4 Å². The van der Waals surface area contributed by atoms with Crippen molar-refractivity contribution >= 4 is 25.3 Å². The SMILES string of the molecule is O=C1/C(=C\C(=C/C2CCCCC2)C[Se]c2ccccc2)CN1Cc1ccccc1. The van der Waals surface area contributed by atoms with E-state index in [1.54, 1.807) is 0 Å². The number of hydrogen-bond acceptors (Lipinski definition) is 1. The zero-order chi connectivity index (χ0) is 19.9. The van der Waals surface area contributed by atoms with Crippen molar-refractivity contribution in [1.82, 2.24) is 4.90 Å². The molecule has 2 nitrogen and oxygen atoms in total. The Morgan fingerprint density at radius 1 is 0.966 bits per heavy atom. The molecule has 0 bridgehead atoms. The second kappa shape index (κ2) is 10.1. The summed E-state index contributed by atoms with van der Waals surface area (Å²) in [5.74, 6) is 0.897. The summed E-state index contributed by atoms with van der Waals surface area (Å²) in [6.45, 7) is 1.49. The van der Waals surface area contributed by atoms with Crippen molar-refractivity contribution in [3.63, 3.8) is 0 Å². The molecule has 1 heterocycles. The second-order valence-electron chi connectivity index (χ2n) is 8.06. The quantitative estimate of drug-likeness (QED) is 0.334. The van der Waals surface area contributed by atoms with Crippen molar-refractivity contribution in [2.75, 3.05) is 6.54 Å². The number of nitrogens with zero attached hydrogens (tertiary/aromatic N) is 1. The molecule has 0 N–H and O–H groups in total. The van der Waals surface area contributed by atoms with Gasteiger partial charge in [-0.2, -0.15) is 0 Å². The van der Waals surface area contributed by atoms with Gasteiger partial charge in [-0.3, -0.25) is 0 Å². The van der Waals surface area contributed by atoms with Gasteiger partial charge in [0.15, 0.2) is 0 Å². The predicted molar refractivity (Wildman–Crippen MR) is 121 cm³/mol. The molecule has 0 spiro atoms. The number of β-lactam (4-membered cyclic amide) rings is 1. The van der Waals surface area contributed by atoms with E-state index in [9.17, 15) is 4.79 Å². The monoisotopic (exact) mass is 451 g/mol. The molecular weight excluding hydrogens is 421 g/mol. The Hall–Kier alpha value is -2.09. The number of amides is 1. The van der Waals surface area contributed by atoms with Gasteiger partial charge in [-0.25, -0.2) is 0 Å². The van der Waals surface area contributed by atoms with Crippen LogP contribution in [0.1, 0.15) is 37.7 Å². The number of carbonyl (C=O) groups is 1. The van der Waals surface area contributed by atoms with Gasteiger partial charge in [-0.15, -0.1) is 0 Å².